The highest BCUT2D eigenvalue weighted by Gasteiger charge is 2.31. The van der Waals surface area contributed by atoms with Crippen LogP contribution < -0.4 is 14.2 Å². The van der Waals surface area contributed by atoms with Gasteiger partial charge in [0, 0.05) is 30.9 Å². The third kappa shape index (κ3) is 7.97. The first-order chi connectivity index (χ1) is 13.7. The number of hydrogen-bond acceptors (Lipinski definition) is 5. The monoisotopic (exact) mass is 490 g/mol. The van der Waals surface area contributed by atoms with Gasteiger partial charge in [-0.15, -0.1) is 0 Å². The van der Waals surface area contributed by atoms with Crippen LogP contribution in [0.25, 0.3) is 0 Å². The van der Waals surface area contributed by atoms with Gasteiger partial charge in [-0.1, -0.05) is 46.4 Å². The van der Waals surface area contributed by atoms with E-state index in [1.807, 2.05) is 0 Å². The summed E-state index contributed by atoms with van der Waals surface area (Å²) < 4.78 is 53.5. The molecule has 0 spiro atoms. The predicted octanol–water partition coefficient (Wildman–Crippen LogP) is 6.35. The van der Waals surface area contributed by atoms with E-state index in [9.17, 15) is 13.2 Å². The zero-order chi connectivity index (χ0) is 21.4. The van der Waals surface area contributed by atoms with Gasteiger partial charge in [-0.3, -0.25) is 0 Å². The topological polar surface area (TPSA) is 53.5 Å². The van der Waals surface area contributed by atoms with Gasteiger partial charge in [0.25, 0.3) is 0 Å². The predicted molar refractivity (Wildman–Crippen MR) is 104 cm³/mol. The molecule has 0 saturated heterocycles. The van der Waals surface area contributed by atoms with Crippen LogP contribution >= 0.6 is 46.4 Å². The largest absolute Gasteiger partial charge is 0.490 e. The third-order valence-electron chi connectivity index (χ3n) is 3.18. The fourth-order valence-electron chi connectivity index (χ4n) is 1.89. The fourth-order valence-corrected chi connectivity index (χ4v) is 2.59. The summed E-state index contributed by atoms with van der Waals surface area (Å²) in [4.78, 5) is 7.01. The van der Waals surface area contributed by atoms with Gasteiger partial charge in [-0.25, -0.2) is 9.97 Å². The van der Waals surface area contributed by atoms with Gasteiger partial charge in [0.2, 0.25) is 0 Å². The van der Waals surface area contributed by atoms with Crippen molar-refractivity contribution in [2.75, 3.05) is 19.8 Å². The van der Waals surface area contributed by atoms with Crippen LogP contribution in [0.2, 0.25) is 10.0 Å². The number of benzene rings is 1. The van der Waals surface area contributed by atoms with Gasteiger partial charge >= 0.3 is 12.2 Å². The molecule has 0 bridgehead atoms. The third-order valence-corrected chi connectivity index (χ3v) is 4.05. The maximum Gasteiger partial charge on any atom is 0.419 e. The van der Waals surface area contributed by atoms with E-state index in [4.69, 9.17) is 60.6 Å². The van der Waals surface area contributed by atoms with Crippen LogP contribution in [0, 0.1) is 0 Å². The molecule has 0 unspecified atom stereocenters. The van der Waals surface area contributed by atoms with Gasteiger partial charge in [-0.2, -0.15) is 13.2 Å². The Bertz CT molecular complexity index is 822. The molecular formula is C17H13Cl4F3N2O3. The molecule has 1 aromatic heterocycles. The summed E-state index contributed by atoms with van der Waals surface area (Å²) in [7, 11) is 0. The molecule has 0 N–H and O–H groups in total. The molecule has 1 aromatic carbocycles. The van der Waals surface area contributed by atoms with Crippen molar-refractivity contribution in [2.45, 2.75) is 12.6 Å². The van der Waals surface area contributed by atoms with E-state index < -0.39 is 11.7 Å². The highest BCUT2D eigenvalue weighted by atomic mass is 35.5. The Morgan fingerprint density at radius 1 is 0.966 bits per heavy atom. The Morgan fingerprint density at radius 3 is 2.10 bits per heavy atom. The summed E-state index contributed by atoms with van der Waals surface area (Å²) in [6.07, 6.45) is -1.36. The maximum absolute atomic E-state index is 12.4. The van der Waals surface area contributed by atoms with E-state index in [1.54, 1.807) is 0 Å². The lowest BCUT2D eigenvalue weighted by Gasteiger charge is -2.12. The van der Waals surface area contributed by atoms with E-state index in [2.05, 4.69) is 9.97 Å². The number of hydrogen-bond donors (Lipinski definition) is 0. The second-order valence-electron chi connectivity index (χ2n) is 5.32. The molecular weight excluding hydrogens is 479 g/mol. The van der Waals surface area contributed by atoms with Crippen molar-refractivity contribution >= 4 is 46.4 Å². The molecule has 0 amide bonds. The minimum Gasteiger partial charge on any atom is -0.490 e. The molecule has 0 atom stereocenters. The summed E-state index contributed by atoms with van der Waals surface area (Å²) in [5.41, 5.74) is -0.952. The zero-order valence-electron chi connectivity index (χ0n) is 14.5. The minimum atomic E-state index is -4.50. The Hall–Kier alpha value is -1.61. The minimum absolute atomic E-state index is 0.0751. The lowest BCUT2D eigenvalue weighted by molar-refractivity contribution is -0.138. The van der Waals surface area contributed by atoms with Gasteiger partial charge in [0.1, 0.15) is 16.8 Å². The van der Waals surface area contributed by atoms with Gasteiger partial charge in [0.15, 0.2) is 5.75 Å². The molecule has 0 aliphatic heterocycles. The number of nitrogens with zero attached hydrogens (tertiary/aromatic N) is 2. The quantitative estimate of drug-likeness (QED) is 0.382. The van der Waals surface area contributed by atoms with Crippen LogP contribution in [-0.2, 0) is 6.18 Å². The first-order valence-corrected chi connectivity index (χ1v) is 9.46. The van der Waals surface area contributed by atoms with Crippen molar-refractivity contribution in [1.29, 1.82) is 0 Å². The van der Waals surface area contributed by atoms with E-state index in [0.29, 0.717) is 24.6 Å². The molecule has 0 aliphatic rings. The van der Waals surface area contributed by atoms with Crippen LogP contribution in [0.4, 0.5) is 13.2 Å². The first-order valence-electron chi connectivity index (χ1n) is 7.94. The van der Waals surface area contributed by atoms with E-state index in [1.165, 1.54) is 18.2 Å². The highest BCUT2D eigenvalue weighted by molar-refractivity contribution is 6.55. The maximum atomic E-state index is 12.4. The van der Waals surface area contributed by atoms with Gasteiger partial charge < -0.3 is 14.2 Å². The second-order valence-corrected chi connectivity index (χ2v) is 7.15. The number of halogens is 7. The van der Waals surface area contributed by atoms with E-state index in [0.717, 1.165) is 0 Å². The molecule has 2 rings (SSSR count). The van der Waals surface area contributed by atoms with Gasteiger partial charge in [-0.05, 0) is 6.08 Å². The Labute approximate surface area is 184 Å². The van der Waals surface area contributed by atoms with Crippen molar-refractivity contribution in [2.24, 2.45) is 0 Å². The summed E-state index contributed by atoms with van der Waals surface area (Å²) in [6.45, 7) is 0.441. The first kappa shape index (κ1) is 23.7. The normalized spacial score (nSPS) is 11.1. The molecule has 5 nitrogen and oxygen atoms in total. The molecule has 0 aliphatic carbocycles. The summed E-state index contributed by atoms with van der Waals surface area (Å²) in [5, 5.41) is 0.473. The number of aromatic nitrogens is 2. The molecule has 158 valence electrons. The second kappa shape index (κ2) is 11.0. The summed E-state index contributed by atoms with van der Waals surface area (Å²) >= 11 is 23.3. The van der Waals surface area contributed by atoms with E-state index in [-0.39, 0.29) is 46.1 Å². The number of ether oxygens (including phenoxy) is 3. The lowest BCUT2D eigenvalue weighted by atomic mass is 10.3. The smallest absolute Gasteiger partial charge is 0.419 e. The zero-order valence-corrected chi connectivity index (χ0v) is 17.5. The molecule has 29 heavy (non-hydrogen) atoms. The van der Waals surface area contributed by atoms with Crippen LogP contribution in [-0.4, -0.2) is 29.8 Å². The molecule has 1 heterocycles. The standard InChI is InChI=1S/C17H13Cl4F3N2O3/c18-12-6-11(27-5-2-14(20)21)7-13(19)15(12)28-3-1-4-29-16-25-8-10(9-26-16)17(22,23)24/h2,6-9H,1,3-5H2. The van der Waals surface area contributed by atoms with Crippen molar-refractivity contribution in [3.63, 3.8) is 0 Å². The molecule has 0 fully saturated rings. The SMILES string of the molecule is FC(F)(F)c1cnc(OCCCOc2c(Cl)cc(OCC=C(Cl)Cl)cc2Cl)nc1. The molecule has 12 heteroatoms. The molecule has 0 radical (unpaired) electrons. The van der Waals surface area contributed by atoms with Crippen LogP contribution in [0.3, 0.4) is 0 Å². The number of alkyl halides is 3. The average Bonchev–Trinajstić information content (AvgIpc) is 2.62. The van der Waals surface area contributed by atoms with Crippen molar-refractivity contribution in [1.82, 2.24) is 9.97 Å². The van der Waals surface area contributed by atoms with Crippen molar-refractivity contribution < 1.29 is 27.4 Å². The Balaban J connectivity index is 1.79. The van der Waals surface area contributed by atoms with E-state index >= 15 is 0 Å². The molecule has 0 saturated carbocycles. The highest BCUT2D eigenvalue weighted by Crippen LogP contribution is 2.37. The Morgan fingerprint density at radius 2 is 1.55 bits per heavy atom. The summed E-state index contributed by atoms with van der Waals surface area (Å²) in [5.74, 6) is 0.665. The Kier molecular flexibility index (Phi) is 8.95. The summed E-state index contributed by atoms with van der Waals surface area (Å²) in [6, 6.07) is 2.87. The average molecular weight is 492 g/mol. The van der Waals surface area contributed by atoms with Crippen molar-refractivity contribution in [3.8, 4) is 17.5 Å². The van der Waals surface area contributed by atoms with Gasteiger partial charge in [0.05, 0.1) is 28.8 Å². The lowest BCUT2D eigenvalue weighted by Crippen LogP contribution is -2.09. The van der Waals surface area contributed by atoms with Crippen LogP contribution in [0.5, 0.6) is 17.5 Å². The molecule has 2 aromatic rings. The van der Waals surface area contributed by atoms with Crippen molar-refractivity contribution in [3.05, 3.63) is 50.7 Å². The fraction of sp³-hybridized carbons (Fsp3) is 0.294. The van der Waals surface area contributed by atoms with Crippen LogP contribution in [0.15, 0.2) is 35.1 Å². The van der Waals surface area contributed by atoms with Crippen LogP contribution in [0.1, 0.15) is 12.0 Å². The number of rotatable bonds is 9.